The van der Waals surface area contributed by atoms with Crippen LogP contribution in [0, 0.1) is 12.7 Å². The number of methoxy groups -OCH3 is 1. The van der Waals surface area contributed by atoms with Crippen LogP contribution >= 0.6 is 23.2 Å². The van der Waals surface area contributed by atoms with Gasteiger partial charge >= 0.3 is 12.1 Å². The van der Waals surface area contributed by atoms with Crippen LogP contribution in [0.4, 0.5) is 17.6 Å². The number of carbonyl (C=O) groups excluding carboxylic acids is 1. The van der Waals surface area contributed by atoms with Crippen molar-refractivity contribution in [3.8, 4) is 0 Å². The molecular weight excluding hydrogens is 437 g/mol. The summed E-state index contributed by atoms with van der Waals surface area (Å²) in [6, 6.07) is 6.02. The molecule has 0 N–H and O–H groups in total. The highest BCUT2D eigenvalue weighted by molar-refractivity contribution is 6.35. The lowest BCUT2D eigenvalue weighted by molar-refractivity contribution is -0.275. The molecule has 0 spiro atoms. The maximum atomic E-state index is 14.0. The van der Waals surface area contributed by atoms with Crippen molar-refractivity contribution >= 4 is 34.9 Å². The highest BCUT2D eigenvalue weighted by Gasteiger charge is 2.62. The van der Waals surface area contributed by atoms with Crippen LogP contribution in [0.2, 0.25) is 10.0 Å². The summed E-state index contributed by atoms with van der Waals surface area (Å²) in [6.45, 7) is 1.61. The number of rotatable bonds is 3. The van der Waals surface area contributed by atoms with Crippen molar-refractivity contribution in [2.24, 2.45) is 5.16 Å². The van der Waals surface area contributed by atoms with E-state index in [4.69, 9.17) is 28.0 Å². The first-order valence-electron chi connectivity index (χ1n) is 8.16. The Labute approximate surface area is 173 Å². The first-order chi connectivity index (χ1) is 13.5. The van der Waals surface area contributed by atoms with Gasteiger partial charge in [0.2, 0.25) is 0 Å². The van der Waals surface area contributed by atoms with Gasteiger partial charge in [0.1, 0.15) is 0 Å². The minimum atomic E-state index is -4.90. The molecule has 4 nitrogen and oxygen atoms in total. The molecule has 0 saturated carbocycles. The third kappa shape index (κ3) is 3.67. The van der Waals surface area contributed by atoms with E-state index >= 15 is 0 Å². The summed E-state index contributed by atoms with van der Waals surface area (Å²) in [4.78, 5) is 16.6. The molecule has 1 aliphatic rings. The van der Waals surface area contributed by atoms with E-state index in [1.165, 1.54) is 25.3 Å². The van der Waals surface area contributed by atoms with Crippen molar-refractivity contribution in [3.05, 3.63) is 68.4 Å². The highest BCUT2D eigenvalue weighted by Crippen LogP contribution is 2.50. The molecule has 0 saturated heterocycles. The molecule has 154 valence electrons. The second kappa shape index (κ2) is 7.50. The molecule has 29 heavy (non-hydrogen) atoms. The Morgan fingerprint density at radius 1 is 1.21 bits per heavy atom. The maximum absolute atomic E-state index is 14.0. The van der Waals surface area contributed by atoms with Gasteiger partial charge in [0.15, 0.2) is 5.82 Å². The predicted molar refractivity (Wildman–Crippen MR) is 98.9 cm³/mol. The zero-order chi connectivity index (χ0) is 21.6. The van der Waals surface area contributed by atoms with Gasteiger partial charge in [0.25, 0.3) is 5.60 Å². The number of hydrogen-bond acceptors (Lipinski definition) is 4. The van der Waals surface area contributed by atoms with Gasteiger partial charge in [-0.25, -0.2) is 9.18 Å². The van der Waals surface area contributed by atoms with E-state index < -0.39 is 45.6 Å². The maximum Gasteiger partial charge on any atom is 0.435 e. The van der Waals surface area contributed by atoms with E-state index in [1.54, 1.807) is 6.92 Å². The van der Waals surface area contributed by atoms with Crippen LogP contribution in [0.1, 0.15) is 33.5 Å². The number of esters is 1. The van der Waals surface area contributed by atoms with Crippen LogP contribution < -0.4 is 0 Å². The van der Waals surface area contributed by atoms with E-state index in [2.05, 4.69) is 9.89 Å². The topological polar surface area (TPSA) is 47.9 Å². The van der Waals surface area contributed by atoms with E-state index in [-0.39, 0.29) is 11.3 Å². The number of oxime groups is 1. The van der Waals surface area contributed by atoms with Crippen LogP contribution in [0.15, 0.2) is 35.5 Å². The smallest absolute Gasteiger partial charge is 0.435 e. The lowest BCUT2D eigenvalue weighted by atomic mass is 9.86. The van der Waals surface area contributed by atoms with Gasteiger partial charge in [-0.3, -0.25) is 0 Å². The van der Waals surface area contributed by atoms with Gasteiger partial charge in [-0.2, -0.15) is 13.2 Å². The van der Waals surface area contributed by atoms with Gasteiger partial charge in [0.05, 0.1) is 28.4 Å². The van der Waals surface area contributed by atoms with Gasteiger partial charge in [0, 0.05) is 12.0 Å². The normalized spacial score (nSPS) is 19.0. The van der Waals surface area contributed by atoms with Crippen molar-refractivity contribution in [2.45, 2.75) is 25.1 Å². The highest BCUT2D eigenvalue weighted by atomic mass is 35.5. The zero-order valence-electron chi connectivity index (χ0n) is 15.0. The van der Waals surface area contributed by atoms with E-state index in [0.29, 0.717) is 11.1 Å². The predicted octanol–water partition coefficient (Wildman–Crippen LogP) is 5.81. The Kier molecular flexibility index (Phi) is 5.53. The van der Waals surface area contributed by atoms with Crippen LogP contribution in [0.25, 0.3) is 0 Å². The molecular formula is C19H13Cl2F4NO3. The summed E-state index contributed by atoms with van der Waals surface area (Å²) in [6.07, 6.45) is -5.59. The quantitative estimate of drug-likeness (QED) is 0.337. The number of benzene rings is 2. The standard InChI is InChI=1S/C19H13Cl2F4NO3/c1-9-5-10(3-4-12(9)17(27)28-2)15-8-18(29-26-15,19(23,24)25)11-6-13(20)16(22)14(21)7-11/h3-7H,8H2,1-2H3/t18-/m0/s1. The monoisotopic (exact) mass is 449 g/mol. The number of ether oxygens (including phenoxy) is 1. The molecule has 10 heteroatoms. The molecule has 1 aliphatic heterocycles. The Hall–Kier alpha value is -2.32. The lowest BCUT2D eigenvalue weighted by Gasteiger charge is -2.29. The Bertz CT molecular complexity index is 1000. The molecule has 2 aromatic carbocycles. The average molecular weight is 450 g/mol. The third-order valence-electron chi connectivity index (χ3n) is 4.60. The molecule has 1 atom stereocenters. The molecule has 3 rings (SSSR count). The molecule has 0 aromatic heterocycles. The number of hydrogen-bond donors (Lipinski definition) is 0. The summed E-state index contributed by atoms with van der Waals surface area (Å²) < 4.78 is 60.4. The van der Waals surface area contributed by atoms with Crippen molar-refractivity contribution in [1.82, 2.24) is 0 Å². The lowest BCUT2D eigenvalue weighted by Crippen LogP contribution is -2.42. The summed E-state index contributed by atoms with van der Waals surface area (Å²) in [5.74, 6) is -1.60. The van der Waals surface area contributed by atoms with Crippen molar-refractivity contribution in [2.75, 3.05) is 7.11 Å². The summed E-state index contributed by atoms with van der Waals surface area (Å²) >= 11 is 11.4. The van der Waals surface area contributed by atoms with Gasteiger partial charge in [-0.15, -0.1) is 0 Å². The van der Waals surface area contributed by atoms with E-state index in [9.17, 15) is 22.4 Å². The van der Waals surface area contributed by atoms with Crippen molar-refractivity contribution < 1.29 is 31.9 Å². The summed E-state index contributed by atoms with van der Waals surface area (Å²) in [5, 5.41) is 2.49. The van der Waals surface area contributed by atoms with Crippen LogP contribution in [-0.4, -0.2) is 25.0 Å². The molecule has 1 heterocycles. The minimum absolute atomic E-state index is 0.00147. The second-order valence-corrected chi connectivity index (χ2v) is 7.22. The third-order valence-corrected chi connectivity index (χ3v) is 5.15. The Morgan fingerprint density at radius 2 is 1.83 bits per heavy atom. The molecule has 0 radical (unpaired) electrons. The molecule has 0 unspecified atom stereocenters. The minimum Gasteiger partial charge on any atom is -0.465 e. The van der Waals surface area contributed by atoms with Crippen molar-refractivity contribution in [1.29, 1.82) is 0 Å². The molecule has 0 bridgehead atoms. The summed E-state index contributed by atoms with van der Waals surface area (Å²) in [7, 11) is 1.22. The largest absolute Gasteiger partial charge is 0.465 e. The van der Waals surface area contributed by atoms with Crippen LogP contribution in [-0.2, 0) is 15.2 Å². The number of alkyl halides is 3. The molecule has 2 aromatic rings. The zero-order valence-corrected chi connectivity index (χ0v) is 16.5. The molecule has 0 fully saturated rings. The van der Waals surface area contributed by atoms with E-state index in [1.807, 2.05) is 0 Å². The fourth-order valence-electron chi connectivity index (χ4n) is 3.03. The van der Waals surface area contributed by atoms with Crippen molar-refractivity contribution in [3.63, 3.8) is 0 Å². The number of carbonyl (C=O) groups is 1. The first-order valence-corrected chi connectivity index (χ1v) is 8.92. The Morgan fingerprint density at radius 3 is 2.34 bits per heavy atom. The van der Waals surface area contributed by atoms with Crippen LogP contribution in [0.5, 0.6) is 0 Å². The molecule has 0 amide bonds. The number of aryl methyl sites for hydroxylation is 1. The fourth-order valence-corrected chi connectivity index (χ4v) is 3.52. The van der Waals surface area contributed by atoms with Gasteiger partial charge in [-0.1, -0.05) is 34.4 Å². The van der Waals surface area contributed by atoms with Gasteiger partial charge < -0.3 is 9.57 Å². The first kappa shape index (κ1) is 21.4. The fraction of sp³-hybridized carbons (Fsp3) is 0.263. The number of halogens is 6. The summed E-state index contributed by atoms with van der Waals surface area (Å²) in [5.41, 5.74) is -2.25. The SMILES string of the molecule is COC(=O)c1ccc(C2=NO[C@@](c3cc(Cl)c(F)c(Cl)c3)(C(F)(F)F)C2)cc1C. The van der Waals surface area contributed by atoms with Crippen LogP contribution in [0.3, 0.4) is 0 Å². The Balaban J connectivity index is 2.02. The molecule has 0 aliphatic carbocycles. The van der Waals surface area contributed by atoms with Gasteiger partial charge in [-0.05, 0) is 42.3 Å². The van der Waals surface area contributed by atoms with E-state index in [0.717, 1.165) is 12.1 Å². The second-order valence-electron chi connectivity index (χ2n) is 6.41. The number of nitrogens with zero attached hydrogens (tertiary/aromatic N) is 1. The average Bonchev–Trinajstić information content (AvgIpc) is 3.12.